The van der Waals surface area contributed by atoms with Gasteiger partial charge in [0.15, 0.2) is 0 Å². The minimum Gasteiger partial charge on any atom is -0.494 e. The molecule has 0 bridgehead atoms. The van der Waals surface area contributed by atoms with E-state index in [1.54, 1.807) is 24.3 Å². The number of nitrogens with one attached hydrogen (secondary N) is 1. The Hall–Kier alpha value is -2.64. The summed E-state index contributed by atoms with van der Waals surface area (Å²) >= 11 is 0. The van der Waals surface area contributed by atoms with Gasteiger partial charge in [0.2, 0.25) is 0 Å². The third kappa shape index (κ3) is 6.17. The molecule has 2 aromatic rings. The number of ether oxygens (including phenoxy) is 2. The largest absolute Gasteiger partial charge is 0.494 e. The molecule has 0 saturated carbocycles. The molecule has 0 aliphatic carbocycles. The normalized spacial score (nSPS) is 14.1. The van der Waals surface area contributed by atoms with Crippen molar-refractivity contribution in [2.45, 2.75) is 6.42 Å². The molecule has 0 radical (unpaired) electrons. The monoisotopic (exact) mass is 401 g/mol. The molecule has 0 unspecified atom stereocenters. The highest BCUT2D eigenvalue weighted by molar-refractivity contribution is 6.04. The Bertz CT molecular complexity index is 805. The molecular weight excluding hydrogens is 373 g/mol. The lowest BCUT2D eigenvalue weighted by molar-refractivity contribution is 0.102. The van der Waals surface area contributed by atoms with Crippen LogP contribution in [0.3, 0.4) is 0 Å². The summed E-state index contributed by atoms with van der Waals surface area (Å²) in [5, 5.41) is 2.79. The second-order valence-electron chi connectivity index (χ2n) is 7.25. The van der Waals surface area contributed by atoms with E-state index in [1.807, 2.05) is 31.1 Å². The molecule has 6 nitrogen and oxygen atoms in total. The van der Waals surface area contributed by atoms with Crippen molar-refractivity contribution < 1.29 is 18.7 Å². The lowest BCUT2D eigenvalue weighted by atomic mass is 10.1. The third-order valence-electron chi connectivity index (χ3n) is 4.69. The van der Waals surface area contributed by atoms with Gasteiger partial charge in [-0.25, -0.2) is 4.39 Å². The van der Waals surface area contributed by atoms with Crippen LogP contribution in [0.5, 0.6) is 5.75 Å². The summed E-state index contributed by atoms with van der Waals surface area (Å²) in [6, 6.07) is 11.8. The Morgan fingerprint density at radius 2 is 1.90 bits per heavy atom. The lowest BCUT2D eigenvalue weighted by Gasteiger charge is -2.29. The molecule has 1 aliphatic rings. The molecule has 0 aromatic heterocycles. The first kappa shape index (κ1) is 21.1. The fourth-order valence-corrected chi connectivity index (χ4v) is 3.12. The molecule has 1 heterocycles. The number of amides is 1. The molecule has 156 valence electrons. The molecule has 3 rings (SSSR count). The molecule has 0 spiro atoms. The zero-order valence-electron chi connectivity index (χ0n) is 17.0. The van der Waals surface area contributed by atoms with Gasteiger partial charge in [-0.3, -0.25) is 4.79 Å². The molecule has 7 heteroatoms. The van der Waals surface area contributed by atoms with Gasteiger partial charge in [0.05, 0.1) is 25.5 Å². The van der Waals surface area contributed by atoms with Crippen LogP contribution in [0.15, 0.2) is 42.5 Å². The molecular formula is C22H28FN3O3. The summed E-state index contributed by atoms with van der Waals surface area (Å²) in [7, 11) is 4.05. The highest BCUT2D eigenvalue weighted by atomic mass is 19.1. The smallest absolute Gasteiger partial charge is 0.255 e. The number of hydrogen-bond acceptors (Lipinski definition) is 5. The van der Waals surface area contributed by atoms with Crippen molar-refractivity contribution in [3.63, 3.8) is 0 Å². The topological polar surface area (TPSA) is 54.0 Å². The van der Waals surface area contributed by atoms with E-state index in [4.69, 9.17) is 9.47 Å². The van der Waals surface area contributed by atoms with Gasteiger partial charge < -0.3 is 24.6 Å². The molecule has 1 amide bonds. The van der Waals surface area contributed by atoms with Crippen molar-refractivity contribution in [1.82, 2.24) is 4.90 Å². The van der Waals surface area contributed by atoms with Crippen LogP contribution in [0.25, 0.3) is 0 Å². The van der Waals surface area contributed by atoms with Crippen LogP contribution in [0.2, 0.25) is 0 Å². The standard InChI is InChI=1S/C22H28FN3O3/c1-25(2)10-3-13-29-19-7-5-18(6-8-19)24-22(27)17-4-9-21(20(23)16-17)26-11-14-28-15-12-26/h4-9,16H,3,10-15H2,1-2H3,(H,24,27). The fraction of sp³-hybridized carbons (Fsp3) is 0.409. The number of morpholine rings is 1. The fourth-order valence-electron chi connectivity index (χ4n) is 3.12. The number of anilines is 2. The predicted octanol–water partition coefficient (Wildman–Crippen LogP) is 3.25. The van der Waals surface area contributed by atoms with Gasteiger partial charge in [0.1, 0.15) is 11.6 Å². The van der Waals surface area contributed by atoms with E-state index in [0.29, 0.717) is 44.3 Å². The van der Waals surface area contributed by atoms with Crippen molar-refractivity contribution in [2.75, 3.05) is 63.8 Å². The summed E-state index contributed by atoms with van der Waals surface area (Å²) in [6.07, 6.45) is 0.942. The minimum absolute atomic E-state index is 0.281. The van der Waals surface area contributed by atoms with Crippen LogP contribution in [0.4, 0.5) is 15.8 Å². The number of halogens is 1. The zero-order chi connectivity index (χ0) is 20.6. The van der Waals surface area contributed by atoms with Crippen LogP contribution in [-0.4, -0.2) is 64.4 Å². The van der Waals surface area contributed by atoms with Crippen LogP contribution < -0.4 is 15.0 Å². The van der Waals surface area contributed by atoms with Crippen LogP contribution >= 0.6 is 0 Å². The predicted molar refractivity (Wildman–Crippen MR) is 112 cm³/mol. The maximum atomic E-state index is 14.5. The first-order chi connectivity index (χ1) is 14.0. The first-order valence-electron chi connectivity index (χ1n) is 9.84. The Kier molecular flexibility index (Phi) is 7.43. The summed E-state index contributed by atoms with van der Waals surface area (Å²) in [5.41, 5.74) is 1.41. The highest BCUT2D eigenvalue weighted by Gasteiger charge is 2.17. The summed E-state index contributed by atoms with van der Waals surface area (Å²) < 4.78 is 25.5. The van der Waals surface area contributed by atoms with E-state index in [0.717, 1.165) is 18.7 Å². The average Bonchev–Trinajstić information content (AvgIpc) is 2.72. The van der Waals surface area contributed by atoms with Gasteiger partial charge in [-0.05, 0) is 63.0 Å². The number of hydrogen-bond donors (Lipinski definition) is 1. The first-order valence-corrected chi connectivity index (χ1v) is 9.84. The Morgan fingerprint density at radius 1 is 1.17 bits per heavy atom. The molecule has 29 heavy (non-hydrogen) atoms. The van der Waals surface area contributed by atoms with Crippen molar-refractivity contribution in [3.8, 4) is 5.75 Å². The van der Waals surface area contributed by atoms with Gasteiger partial charge in [-0.15, -0.1) is 0 Å². The molecule has 0 atom stereocenters. The number of carbonyl (C=O) groups is 1. The van der Waals surface area contributed by atoms with Gasteiger partial charge in [0, 0.05) is 30.9 Å². The van der Waals surface area contributed by atoms with Gasteiger partial charge in [0.25, 0.3) is 5.91 Å². The molecule has 1 N–H and O–H groups in total. The van der Waals surface area contributed by atoms with E-state index < -0.39 is 5.82 Å². The van der Waals surface area contributed by atoms with Crippen molar-refractivity contribution in [3.05, 3.63) is 53.8 Å². The van der Waals surface area contributed by atoms with E-state index in [9.17, 15) is 9.18 Å². The van der Waals surface area contributed by atoms with E-state index >= 15 is 0 Å². The molecule has 1 fully saturated rings. The van der Waals surface area contributed by atoms with Crippen molar-refractivity contribution in [2.24, 2.45) is 0 Å². The van der Waals surface area contributed by atoms with Gasteiger partial charge >= 0.3 is 0 Å². The molecule has 2 aromatic carbocycles. The lowest BCUT2D eigenvalue weighted by Crippen LogP contribution is -2.36. The molecule has 1 aliphatic heterocycles. The highest BCUT2D eigenvalue weighted by Crippen LogP contribution is 2.23. The number of benzene rings is 2. The quantitative estimate of drug-likeness (QED) is 0.689. The second-order valence-corrected chi connectivity index (χ2v) is 7.25. The number of rotatable bonds is 8. The van der Waals surface area contributed by atoms with Crippen LogP contribution in [-0.2, 0) is 4.74 Å². The third-order valence-corrected chi connectivity index (χ3v) is 4.69. The van der Waals surface area contributed by atoms with E-state index in [1.165, 1.54) is 6.07 Å². The van der Waals surface area contributed by atoms with Gasteiger partial charge in [-0.1, -0.05) is 0 Å². The average molecular weight is 401 g/mol. The van der Waals surface area contributed by atoms with Crippen LogP contribution in [0.1, 0.15) is 16.8 Å². The molecule has 1 saturated heterocycles. The Morgan fingerprint density at radius 3 is 2.55 bits per heavy atom. The second kappa shape index (κ2) is 10.2. The van der Waals surface area contributed by atoms with Crippen molar-refractivity contribution >= 4 is 17.3 Å². The van der Waals surface area contributed by atoms with Crippen molar-refractivity contribution in [1.29, 1.82) is 0 Å². The number of carbonyl (C=O) groups excluding carboxylic acids is 1. The summed E-state index contributed by atoms with van der Waals surface area (Å²) in [4.78, 5) is 16.5. The van der Waals surface area contributed by atoms with Crippen LogP contribution in [0, 0.1) is 5.82 Å². The maximum absolute atomic E-state index is 14.5. The zero-order valence-corrected chi connectivity index (χ0v) is 17.0. The van der Waals surface area contributed by atoms with Gasteiger partial charge in [-0.2, -0.15) is 0 Å². The summed E-state index contributed by atoms with van der Waals surface area (Å²) in [5.74, 6) is 0.000708. The maximum Gasteiger partial charge on any atom is 0.255 e. The SMILES string of the molecule is CN(C)CCCOc1ccc(NC(=O)c2ccc(N3CCOCC3)c(F)c2)cc1. The summed E-state index contributed by atoms with van der Waals surface area (Å²) in [6.45, 7) is 4.06. The van der Waals surface area contributed by atoms with E-state index in [2.05, 4.69) is 10.2 Å². The Labute approximate surface area is 171 Å². The van der Waals surface area contributed by atoms with E-state index in [-0.39, 0.29) is 11.5 Å². The Balaban J connectivity index is 1.55. The minimum atomic E-state index is -0.402. The number of nitrogens with zero attached hydrogens (tertiary/aromatic N) is 2.